The van der Waals surface area contributed by atoms with E-state index >= 15 is 0 Å². The molecule has 0 aliphatic rings. The van der Waals surface area contributed by atoms with Crippen LogP contribution in [-0.4, -0.2) is 11.9 Å². The van der Waals surface area contributed by atoms with Gasteiger partial charge in [0, 0.05) is 22.7 Å². The number of carbonyl (C=O) groups is 2. The molecule has 0 aliphatic heterocycles. The van der Waals surface area contributed by atoms with Crippen LogP contribution in [0.25, 0.3) is 0 Å². The number of hydrogen-bond donors (Lipinski definition) is 1. The van der Waals surface area contributed by atoms with Crippen LogP contribution in [0, 0.1) is 6.92 Å². The summed E-state index contributed by atoms with van der Waals surface area (Å²) in [6.45, 7) is 3.56. The van der Waals surface area contributed by atoms with Crippen LogP contribution < -0.4 is 10.1 Å². The number of amides is 1. The Morgan fingerprint density at radius 2 is 1.82 bits per heavy atom. The van der Waals surface area contributed by atoms with Gasteiger partial charge < -0.3 is 10.1 Å². The first-order valence-electron chi connectivity index (χ1n) is 6.88. The third-order valence-electron chi connectivity index (χ3n) is 3.15. The predicted octanol–water partition coefficient (Wildman–Crippen LogP) is 4.22. The quantitative estimate of drug-likeness (QED) is 0.678. The smallest absolute Gasteiger partial charge is 0.310 e. The van der Waals surface area contributed by atoms with Gasteiger partial charge in [0.1, 0.15) is 5.75 Å². The Hall–Kier alpha value is -2.33. The molecule has 2 rings (SSSR count). The highest BCUT2D eigenvalue weighted by molar-refractivity contribution is 6.31. The van der Waals surface area contributed by atoms with Crippen LogP contribution in [0.1, 0.15) is 29.3 Å². The lowest BCUT2D eigenvalue weighted by Gasteiger charge is -2.10. The van der Waals surface area contributed by atoms with Gasteiger partial charge in [0.05, 0.1) is 0 Å². The topological polar surface area (TPSA) is 55.4 Å². The molecule has 0 heterocycles. The number of benzene rings is 2. The fraction of sp³-hybridized carbons (Fsp3) is 0.176. The van der Waals surface area contributed by atoms with Gasteiger partial charge in [0.15, 0.2) is 0 Å². The largest absolute Gasteiger partial charge is 0.427 e. The Kier molecular flexibility index (Phi) is 5.17. The van der Waals surface area contributed by atoms with Crippen molar-refractivity contribution in [2.45, 2.75) is 20.3 Å². The van der Waals surface area contributed by atoms with E-state index in [0.717, 1.165) is 5.56 Å². The van der Waals surface area contributed by atoms with E-state index in [2.05, 4.69) is 5.32 Å². The molecule has 0 aromatic heterocycles. The highest BCUT2D eigenvalue weighted by atomic mass is 35.5. The summed E-state index contributed by atoms with van der Waals surface area (Å²) in [4.78, 5) is 23.4. The van der Waals surface area contributed by atoms with Crippen molar-refractivity contribution in [3.8, 4) is 5.75 Å². The van der Waals surface area contributed by atoms with E-state index in [9.17, 15) is 9.59 Å². The maximum atomic E-state index is 12.2. The van der Waals surface area contributed by atoms with E-state index < -0.39 is 0 Å². The molecule has 2 aromatic rings. The van der Waals surface area contributed by atoms with Gasteiger partial charge in [-0.25, -0.2) is 0 Å². The summed E-state index contributed by atoms with van der Waals surface area (Å²) >= 11 is 6.03. The van der Waals surface area contributed by atoms with Crippen LogP contribution in [0.2, 0.25) is 5.02 Å². The molecule has 0 unspecified atom stereocenters. The van der Waals surface area contributed by atoms with Crippen molar-refractivity contribution in [3.05, 3.63) is 58.6 Å². The van der Waals surface area contributed by atoms with Crippen LogP contribution in [0.15, 0.2) is 42.5 Å². The van der Waals surface area contributed by atoms with Crippen LogP contribution in [0.3, 0.4) is 0 Å². The number of ether oxygens (including phenoxy) is 1. The highest BCUT2D eigenvalue weighted by Gasteiger charge is 2.10. The number of nitrogens with one attached hydrogen (secondary N) is 1. The third kappa shape index (κ3) is 3.86. The Morgan fingerprint density at radius 3 is 2.45 bits per heavy atom. The van der Waals surface area contributed by atoms with Crippen molar-refractivity contribution in [2.75, 3.05) is 5.32 Å². The van der Waals surface area contributed by atoms with Gasteiger partial charge in [-0.05, 0) is 48.9 Å². The number of anilines is 1. The van der Waals surface area contributed by atoms with Crippen molar-refractivity contribution in [2.24, 2.45) is 0 Å². The maximum absolute atomic E-state index is 12.2. The lowest BCUT2D eigenvalue weighted by atomic mass is 10.1. The summed E-state index contributed by atoms with van der Waals surface area (Å²) in [5.41, 5.74) is 1.95. The van der Waals surface area contributed by atoms with Gasteiger partial charge in [-0.3, -0.25) is 9.59 Å². The van der Waals surface area contributed by atoms with Gasteiger partial charge >= 0.3 is 5.97 Å². The van der Waals surface area contributed by atoms with Gasteiger partial charge in [0.25, 0.3) is 5.91 Å². The summed E-state index contributed by atoms with van der Waals surface area (Å²) in [6.07, 6.45) is 0.302. The standard InChI is InChI=1S/C17H16ClNO3/c1-3-16(20)22-13-9-7-12(8-10-13)17(21)19-15-6-4-5-14(18)11(15)2/h4-10H,3H2,1-2H3,(H,19,21). The van der Waals surface area contributed by atoms with Crippen LogP contribution >= 0.6 is 11.6 Å². The first kappa shape index (κ1) is 16.0. The van der Waals surface area contributed by atoms with E-state index in [1.165, 1.54) is 0 Å². The second-order valence-electron chi connectivity index (χ2n) is 4.72. The summed E-state index contributed by atoms with van der Waals surface area (Å²) in [7, 11) is 0. The van der Waals surface area contributed by atoms with Crippen molar-refractivity contribution < 1.29 is 14.3 Å². The maximum Gasteiger partial charge on any atom is 0.310 e. The lowest BCUT2D eigenvalue weighted by molar-refractivity contribution is -0.134. The normalized spacial score (nSPS) is 10.1. The SMILES string of the molecule is CCC(=O)Oc1ccc(C(=O)Nc2cccc(Cl)c2C)cc1. The van der Waals surface area contributed by atoms with Gasteiger partial charge in [-0.2, -0.15) is 0 Å². The minimum atomic E-state index is -0.313. The van der Waals surface area contributed by atoms with Crippen molar-refractivity contribution in [3.63, 3.8) is 0 Å². The number of rotatable bonds is 4. The molecule has 0 radical (unpaired) electrons. The molecule has 22 heavy (non-hydrogen) atoms. The molecule has 1 N–H and O–H groups in total. The van der Waals surface area contributed by atoms with E-state index in [1.54, 1.807) is 49.4 Å². The number of carbonyl (C=O) groups excluding carboxylic acids is 2. The predicted molar refractivity (Wildman–Crippen MR) is 86.5 cm³/mol. The van der Waals surface area contributed by atoms with E-state index in [0.29, 0.717) is 28.4 Å². The average Bonchev–Trinajstić information content (AvgIpc) is 2.52. The van der Waals surface area contributed by atoms with E-state index in [1.807, 2.05) is 6.92 Å². The van der Waals surface area contributed by atoms with Gasteiger partial charge in [-0.15, -0.1) is 0 Å². The molecule has 0 saturated carbocycles. The molecule has 4 nitrogen and oxygen atoms in total. The number of esters is 1. The fourth-order valence-electron chi connectivity index (χ4n) is 1.82. The fourth-order valence-corrected chi connectivity index (χ4v) is 1.99. The molecule has 5 heteroatoms. The molecular formula is C17H16ClNO3. The zero-order chi connectivity index (χ0) is 16.1. The first-order valence-corrected chi connectivity index (χ1v) is 7.26. The Bertz CT molecular complexity index is 696. The molecule has 0 spiro atoms. The molecule has 114 valence electrons. The minimum absolute atomic E-state index is 0.251. The molecule has 1 amide bonds. The molecule has 0 atom stereocenters. The molecular weight excluding hydrogens is 302 g/mol. The molecule has 0 fully saturated rings. The zero-order valence-corrected chi connectivity index (χ0v) is 13.1. The second-order valence-corrected chi connectivity index (χ2v) is 5.13. The van der Waals surface area contributed by atoms with Gasteiger partial charge in [-0.1, -0.05) is 24.6 Å². The Balaban J connectivity index is 2.10. The second kappa shape index (κ2) is 7.09. The Labute approximate surface area is 134 Å². The molecule has 0 bridgehead atoms. The number of halogens is 1. The summed E-state index contributed by atoms with van der Waals surface area (Å²) < 4.78 is 5.06. The van der Waals surface area contributed by atoms with Crippen molar-refractivity contribution in [1.29, 1.82) is 0 Å². The van der Waals surface area contributed by atoms with E-state index in [4.69, 9.17) is 16.3 Å². The lowest BCUT2D eigenvalue weighted by Crippen LogP contribution is -2.13. The molecule has 0 aliphatic carbocycles. The van der Waals surface area contributed by atoms with Gasteiger partial charge in [0.2, 0.25) is 0 Å². The van der Waals surface area contributed by atoms with E-state index in [-0.39, 0.29) is 11.9 Å². The van der Waals surface area contributed by atoms with Crippen LogP contribution in [-0.2, 0) is 4.79 Å². The summed E-state index contributed by atoms with van der Waals surface area (Å²) in [5.74, 6) is -0.146. The third-order valence-corrected chi connectivity index (χ3v) is 3.56. The first-order chi connectivity index (χ1) is 10.5. The van der Waals surface area contributed by atoms with Crippen molar-refractivity contribution >= 4 is 29.2 Å². The number of hydrogen-bond acceptors (Lipinski definition) is 3. The average molecular weight is 318 g/mol. The summed E-state index contributed by atoms with van der Waals surface area (Å²) in [5, 5.41) is 3.40. The van der Waals surface area contributed by atoms with Crippen LogP contribution in [0.5, 0.6) is 5.75 Å². The van der Waals surface area contributed by atoms with Crippen LogP contribution in [0.4, 0.5) is 5.69 Å². The molecule has 0 saturated heterocycles. The zero-order valence-electron chi connectivity index (χ0n) is 12.4. The Morgan fingerprint density at radius 1 is 1.14 bits per heavy atom. The summed E-state index contributed by atoms with van der Waals surface area (Å²) in [6, 6.07) is 11.7. The highest BCUT2D eigenvalue weighted by Crippen LogP contribution is 2.23. The monoisotopic (exact) mass is 317 g/mol. The molecule has 2 aromatic carbocycles. The van der Waals surface area contributed by atoms with Crippen molar-refractivity contribution in [1.82, 2.24) is 0 Å². The minimum Gasteiger partial charge on any atom is -0.427 e.